The van der Waals surface area contributed by atoms with Crippen LogP contribution in [0.25, 0.3) is 0 Å². The van der Waals surface area contributed by atoms with E-state index in [0.29, 0.717) is 8.97 Å². The number of para-hydroxylation sites is 3. The average Bonchev–Trinajstić information content (AvgIpc) is 2.87. The van der Waals surface area contributed by atoms with Crippen LogP contribution in [0.4, 0.5) is 34.1 Å². The van der Waals surface area contributed by atoms with Crippen molar-refractivity contribution in [3.63, 3.8) is 0 Å². The molecule has 0 saturated carbocycles. The Morgan fingerprint density at radius 1 is 0.595 bits per heavy atom. The second kappa shape index (κ2) is 8.00. The molecular weight excluding hydrogens is 456 g/mol. The second-order valence-corrected chi connectivity index (χ2v) is 10.9. The van der Waals surface area contributed by atoms with Crippen molar-refractivity contribution in [1.82, 2.24) is 8.97 Å². The van der Waals surface area contributed by atoms with Gasteiger partial charge in [-0.15, -0.1) is 8.97 Å². The van der Waals surface area contributed by atoms with Gasteiger partial charge in [0.05, 0.1) is 37.6 Å². The van der Waals surface area contributed by atoms with E-state index in [1.165, 1.54) is 16.8 Å². The maximum absolute atomic E-state index is 5.45. The molecule has 6 heteroatoms. The molecule has 2 heterocycles. The van der Waals surface area contributed by atoms with Gasteiger partial charge in [0.1, 0.15) is 0 Å². The molecule has 37 heavy (non-hydrogen) atoms. The summed E-state index contributed by atoms with van der Waals surface area (Å²) in [5.41, 5.74) is 8.74. The Kier molecular flexibility index (Phi) is 5.06. The van der Waals surface area contributed by atoms with Crippen molar-refractivity contribution >= 4 is 34.1 Å². The Labute approximate surface area is 218 Å². The lowest BCUT2D eigenvalue weighted by molar-refractivity contribution is -0.864. The van der Waals surface area contributed by atoms with Gasteiger partial charge in [-0.1, -0.05) is 54.6 Å². The molecule has 0 aromatic heterocycles. The molecular formula is C31H34N6+4. The van der Waals surface area contributed by atoms with E-state index in [2.05, 4.69) is 148 Å². The van der Waals surface area contributed by atoms with Crippen LogP contribution in [0, 0.1) is 13.8 Å². The zero-order valence-electron chi connectivity index (χ0n) is 22.4. The standard InChI is InChI=1S/C31H34N6/c1-23-21-24(2)30-28(22-23)33-35(26-17-11-8-12-18-26)31(37(30,5)6)34(25-15-9-7-10-16-25)32-27-19-13-14-20-29(27)36(31,3)4/h7-22H,1-6H3/q+4. The molecule has 0 bridgehead atoms. The Balaban J connectivity index is 1.84. The van der Waals surface area contributed by atoms with E-state index in [9.17, 15) is 0 Å². The van der Waals surface area contributed by atoms with E-state index in [1.807, 2.05) is 0 Å². The molecule has 4 aromatic rings. The van der Waals surface area contributed by atoms with Gasteiger partial charge < -0.3 is 0 Å². The third kappa shape index (κ3) is 3.06. The summed E-state index contributed by atoms with van der Waals surface area (Å²) < 4.78 is 5.42. The fraction of sp³-hybridized carbons (Fsp3) is 0.226. The van der Waals surface area contributed by atoms with Gasteiger partial charge in [0.25, 0.3) is 11.4 Å². The van der Waals surface area contributed by atoms with Gasteiger partial charge in [-0.3, -0.25) is 0 Å². The van der Waals surface area contributed by atoms with Gasteiger partial charge in [-0.05, 0) is 31.5 Å². The highest BCUT2D eigenvalue weighted by atomic mass is 15.8. The van der Waals surface area contributed by atoms with Gasteiger partial charge in [0, 0.05) is 46.1 Å². The monoisotopic (exact) mass is 490 g/mol. The SMILES string of the molecule is Cc1cc(C)c2c(c1)N=[N+](c1ccccc1)C1([N+](c3ccccc3)=Nc3ccccc3[N+]1(C)C)[N+]2(C)C. The van der Waals surface area contributed by atoms with Crippen molar-refractivity contribution in [2.75, 3.05) is 28.2 Å². The maximum atomic E-state index is 5.45. The molecule has 0 fully saturated rings. The molecule has 1 spiro atoms. The van der Waals surface area contributed by atoms with E-state index in [4.69, 9.17) is 10.2 Å². The Bertz CT molecular complexity index is 1590. The van der Waals surface area contributed by atoms with Crippen LogP contribution >= 0.6 is 0 Å². The first-order valence-corrected chi connectivity index (χ1v) is 12.7. The molecule has 6 nitrogen and oxygen atoms in total. The highest BCUT2D eigenvalue weighted by Crippen LogP contribution is 2.56. The summed E-state index contributed by atoms with van der Waals surface area (Å²) in [5.74, 6) is -0.829. The largest absolute Gasteiger partial charge is 0.678 e. The number of benzene rings is 4. The summed E-state index contributed by atoms with van der Waals surface area (Å²) in [6.07, 6.45) is 0. The van der Waals surface area contributed by atoms with E-state index in [-0.39, 0.29) is 0 Å². The van der Waals surface area contributed by atoms with Crippen LogP contribution < -0.4 is 8.97 Å². The number of nitrogens with zero attached hydrogens (tertiary/aromatic N) is 6. The lowest BCUT2D eigenvalue weighted by Crippen LogP contribution is -2.85. The van der Waals surface area contributed by atoms with Gasteiger partial charge in [-0.2, -0.15) is 0 Å². The number of azo groups is 4. The van der Waals surface area contributed by atoms with E-state index < -0.39 is 5.91 Å². The molecule has 0 N–H and O–H groups in total. The molecule has 6 rings (SSSR count). The third-order valence-corrected chi connectivity index (χ3v) is 7.95. The minimum Gasteiger partial charge on any atom is -0.114 e. The average molecular weight is 491 g/mol. The molecule has 1 unspecified atom stereocenters. The summed E-state index contributed by atoms with van der Waals surface area (Å²) in [6.45, 7) is 4.34. The molecule has 184 valence electrons. The highest BCUT2D eigenvalue weighted by Gasteiger charge is 2.86. The van der Waals surface area contributed by atoms with Crippen LogP contribution in [-0.4, -0.2) is 43.5 Å². The first-order valence-electron chi connectivity index (χ1n) is 12.7. The van der Waals surface area contributed by atoms with Crippen molar-refractivity contribution in [2.24, 2.45) is 10.2 Å². The third-order valence-electron chi connectivity index (χ3n) is 7.95. The quantitative estimate of drug-likeness (QED) is 0.204. The minimum atomic E-state index is -0.829. The molecule has 0 amide bonds. The predicted octanol–water partition coefficient (Wildman–Crippen LogP) is 7.63. The summed E-state index contributed by atoms with van der Waals surface area (Å²) >= 11 is 0. The van der Waals surface area contributed by atoms with Crippen LogP contribution in [0.5, 0.6) is 0 Å². The number of rotatable bonds is 2. The summed E-state index contributed by atoms with van der Waals surface area (Å²) in [7, 11) is 9.16. The Morgan fingerprint density at radius 3 is 1.70 bits per heavy atom. The zero-order chi connectivity index (χ0) is 26.0. The molecule has 2 aliphatic heterocycles. The smallest absolute Gasteiger partial charge is 0.114 e. The topological polar surface area (TPSA) is 30.7 Å². The van der Waals surface area contributed by atoms with Crippen molar-refractivity contribution < 1.29 is 9.39 Å². The fourth-order valence-corrected chi connectivity index (χ4v) is 6.69. The van der Waals surface area contributed by atoms with Gasteiger partial charge in [0.15, 0.2) is 22.7 Å². The lowest BCUT2D eigenvalue weighted by Gasteiger charge is -2.46. The molecule has 2 aliphatic rings. The normalized spacial score (nSPS) is 21.0. The van der Waals surface area contributed by atoms with Gasteiger partial charge in [0.2, 0.25) is 0 Å². The Morgan fingerprint density at radius 2 is 1.11 bits per heavy atom. The molecule has 1 atom stereocenters. The number of quaternary nitrogens is 2. The first-order chi connectivity index (χ1) is 17.7. The van der Waals surface area contributed by atoms with Gasteiger partial charge in [-0.25, -0.2) is 0 Å². The van der Waals surface area contributed by atoms with E-state index >= 15 is 0 Å². The van der Waals surface area contributed by atoms with Crippen molar-refractivity contribution in [2.45, 2.75) is 19.8 Å². The first kappa shape index (κ1) is 23.4. The van der Waals surface area contributed by atoms with E-state index in [1.54, 1.807) is 0 Å². The summed E-state index contributed by atoms with van der Waals surface area (Å²) in [4.78, 5) is 0. The van der Waals surface area contributed by atoms with Crippen LogP contribution in [0.15, 0.2) is 107 Å². The number of fused-ring (bicyclic) bond motifs is 2. The Hall–Kier alpha value is -4.00. The van der Waals surface area contributed by atoms with Gasteiger partial charge >= 0.3 is 5.91 Å². The van der Waals surface area contributed by atoms with Crippen LogP contribution in [0.2, 0.25) is 0 Å². The van der Waals surface area contributed by atoms with Crippen LogP contribution in [0.3, 0.4) is 0 Å². The van der Waals surface area contributed by atoms with Crippen LogP contribution in [0.1, 0.15) is 11.1 Å². The maximum Gasteiger partial charge on any atom is 0.678 e. The van der Waals surface area contributed by atoms with E-state index in [0.717, 1.165) is 28.4 Å². The van der Waals surface area contributed by atoms with Crippen molar-refractivity contribution in [3.05, 3.63) is 108 Å². The number of hydrogen-bond donors (Lipinski definition) is 0. The highest BCUT2D eigenvalue weighted by molar-refractivity contribution is 5.72. The molecule has 4 aromatic carbocycles. The van der Waals surface area contributed by atoms with Crippen molar-refractivity contribution in [3.8, 4) is 0 Å². The van der Waals surface area contributed by atoms with Crippen molar-refractivity contribution in [1.29, 1.82) is 0 Å². The number of aryl methyl sites for hydroxylation is 2. The molecule has 0 radical (unpaired) electrons. The lowest BCUT2D eigenvalue weighted by atomic mass is 10.0. The number of hydrogen-bond acceptors (Lipinski definition) is 2. The van der Waals surface area contributed by atoms with Crippen LogP contribution in [-0.2, 0) is 0 Å². The molecule has 0 saturated heterocycles. The summed E-state index contributed by atoms with van der Waals surface area (Å²) in [6, 6.07) is 33.9. The second-order valence-electron chi connectivity index (χ2n) is 10.9. The molecule has 0 aliphatic carbocycles. The zero-order valence-corrected chi connectivity index (χ0v) is 22.4. The predicted molar refractivity (Wildman–Crippen MR) is 149 cm³/mol. The minimum absolute atomic E-state index is 0.500. The fourth-order valence-electron chi connectivity index (χ4n) is 6.69. The summed E-state index contributed by atoms with van der Waals surface area (Å²) in [5, 5.41) is 10.8.